The van der Waals surface area contributed by atoms with Gasteiger partial charge in [-0.1, -0.05) is 18.2 Å². The molecule has 0 spiro atoms. The van der Waals surface area contributed by atoms with Crippen LogP contribution < -0.4 is 10.0 Å². The van der Waals surface area contributed by atoms with Gasteiger partial charge in [0.05, 0.1) is 11.3 Å². The lowest BCUT2D eigenvalue weighted by Crippen LogP contribution is -2.27. The van der Waals surface area contributed by atoms with Gasteiger partial charge in [0.25, 0.3) is 5.91 Å². The molecule has 0 unspecified atom stereocenters. The van der Waals surface area contributed by atoms with E-state index in [0.717, 1.165) is 18.2 Å². The molecule has 2 rings (SSSR count). The third kappa shape index (κ3) is 6.42. The van der Waals surface area contributed by atoms with E-state index in [-0.39, 0.29) is 23.5 Å². The molecule has 0 aliphatic carbocycles. The zero-order chi connectivity index (χ0) is 19.9. The van der Waals surface area contributed by atoms with Crippen molar-refractivity contribution in [2.45, 2.75) is 11.3 Å². The number of amides is 1. The van der Waals surface area contributed by atoms with Gasteiger partial charge in [-0.2, -0.15) is 0 Å². The minimum atomic E-state index is -3.74. The van der Waals surface area contributed by atoms with Crippen molar-refractivity contribution in [3.8, 4) is 0 Å². The lowest BCUT2D eigenvalue weighted by molar-refractivity contribution is -0.147. The van der Waals surface area contributed by atoms with Crippen LogP contribution in [0.25, 0.3) is 0 Å². The topological polar surface area (TPSA) is 102 Å². The maximum Gasteiger partial charge on any atom is 0.307 e. The lowest BCUT2D eigenvalue weighted by Gasteiger charge is -2.08. The van der Waals surface area contributed by atoms with Crippen molar-refractivity contribution in [2.75, 3.05) is 18.5 Å². The third-order valence-corrected chi connectivity index (χ3v) is 4.72. The van der Waals surface area contributed by atoms with Crippen molar-refractivity contribution in [1.29, 1.82) is 0 Å². The first-order chi connectivity index (χ1) is 12.8. The molecule has 10 heteroatoms. The molecular formula is C17H16F2N2O5S. The summed E-state index contributed by atoms with van der Waals surface area (Å²) in [7, 11) is -3.74. The first kappa shape index (κ1) is 20.5. The SMILES string of the molecule is O=C(COC(=O)CCNS(=O)(=O)c1ccccc1)Nc1ccc(F)c(F)c1. The number of anilines is 1. The Morgan fingerprint density at radius 2 is 1.70 bits per heavy atom. The standard InChI is InChI=1S/C17H16F2N2O5S/c18-14-7-6-12(10-15(14)19)21-16(22)11-26-17(23)8-9-20-27(24,25)13-4-2-1-3-5-13/h1-7,10,20H,8-9,11H2,(H,21,22). The molecule has 2 N–H and O–H groups in total. The minimum absolute atomic E-state index is 0.00516. The van der Waals surface area contributed by atoms with Gasteiger partial charge >= 0.3 is 5.97 Å². The van der Waals surface area contributed by atoms with Crippen molar-refractivity contribution >= 4 is 27.6 Å². The summed E-state index contributed by atoms with van der Waals surface area (Å²) in [6, 6.07) is 10.4. The van der Waals surface area contributed by atoms with Crippen molar-refractivity contribution in [1.82, 2.24) is 4.72 Å². The average Bonchev–Trinajstić information content (AvgIpc) is 2.64. The van der Waals surface area contributed by atoms with Gasteiger partial charge < -0.3 is 10.1 Å². The molecule has 2 aromatic rings. The van der Waals surface area contributed by atoms with Crippen molar-refractivity contribution in [3.05, 3.63) is 60.2 Å². The molecule has 144 valence electrons. The molecule has 0 bridgehead atoms. The van der Waals surface area contributed by atoms with Gasteiger partial charge in [-0.05, 0) is 24.3 Å². The Labute approximate surface area is 154 Å². The summed E-state index contributed by atoms with van der Waals surface area (Å²) in [5, 5.41) is 2.23. The van der Waals surface area contributed by atoms with Gasteiger partial charge in [-0.3, -0.25) is 9.59 Å². The summed E-state index contributed by atoms with van der Waals surface area (Å²) in [4.78, 5) is 23.2. The number of rotatable bonds is 8. The molecule has 0 saturated carbocycles. The fraction of sp³-hybridized carbons (Fsp3) is 0.176. The van der Waals surface area contributed by atoms with Gasteiger partial charge in [0.1, 0.15) is 0 Å². The van der Waals surface area contributed by atoms with E-state index in [1.54, 1.807) is 18.2 Å². The van der Waals surface area contributed by atoms with Crippen LogP contribution in [0, 0.1) is 11.6 Å². The number of carbonyl (C=O) groups excluding carboxylic acids is 2. The summed E-state index contributed by atoms with van der Waals surface area (Å²) >= 11 is 0. The normalized spacial score (nSPS) is 11.0. The summed E-state index contributed by atoms with van der Waals surface area (Å²) in [6.45, 7) is -0.857. The number of carbonyl (C=O) groups is 2. The first-order valence-electron chi connectivity index (χ1n) is 7.73. The number of nitrogens with one attached hydrogen (secondary N) is 2. The van der Waals surface area contributed by atoms with Crippen LogP contribution in [0.15, 0.2) is 53.4 Å². The van der Waals surface area contributed by atoms with E-state index in [2.05, 4.69) is 10.0 Å². The molecule has 1 amide bonds. The highest BCUT2D eigenvalue weighted by atomic mass is 32.2. The monoisotopic (exact) mass is 398 g/mol. The van der Waals surface area contributed by atoms with Crippen LogP contribution in [0.5, 0.6) is 0 Å². The van der Waals surface area contributed by atoms with Crippen LogP contribution in [0.1, 0.15) is 6.42 Å². The second-order valence-corrected chi connectivity index (χ2v) is 7.07. The number of hydrogen-bond acceptors (Lipinski definition) is 5. The summed E-state index contributed by atoms with van der Waals surface area (Å²) < 4.78 is 56.7. The van der Waals surface area contributed by atoms with E-state index < -0.39 is 40.1 Å². The van der Waals surface area contributed by atoms with Crippen LogP contribution in [-0.2, 0) is 24.3 Å². The van der Waals surface area contributed by atoms with E-state index >= 15 is 0 Å². The Hall–Kier alpha value is -2.85. The van der Waals surface area contributed by atoms with E-state index in [1.165, 1.54) is 12.1 Å². The molecule has 0 aromatic heterocycles. The highest BCUT2D eigenvalue weighted by Crippen LogP contribution is 2.13. The number of esters is 1. The van der Waals surface area contributed by atoms with Crippen LogP contribution in [0.3, 0.4) is 0 Å². The number of sulfonamides is 1. The second kappa shape index (κ2) is 9.19. The molecule has 0 heterocycles. The smallest absolute Gasteiger partial charge is 0.307 e. The quantitative estimate of drug-likeness (QED) is 0.661. The van der Waals surface area contributed by atoms with Crippen LogP contribution >= 0.6 is 0 Å². The molecule has 0 saturated heterocycles. The summed E-state index contributed by atoms with van der Waals surface area (Å²) in [5.74, 6) is -3.74. The Balaban J connectivity index is 1.73. The van der Waals surface area contributed by atoms with Gasteiger partial charge in [0.15, 0.2) is 18.2 Å². The van der Waals surface area contributed by atoms with E-state index in [1.807, 2.05) is 0 Å². The van der Waals surface area contributed by atoms with Gasteiger partial charge in [-0.25, -0.2) is 21.9 Å². The largest absolute Gasteiger partial charge is 0.456 e. The summed E-state index contributed by atoms with van der Waals surface area (Å²) in [5.41, 5.74) is 0.00516. The Morgan fingerprint density at radius 3 is 2.37 bits per heavy atom. The van der Waals surface area contributed by atoms with Gasteiger partial charge in [-0.15, -0.1) is 0 Å². The Bertz CT molecular complexity index is 920. The molecule has 2 aromatic carbocycles. The number of halogens is 2. The fourth-order valence-corrected chi connectivity index (χ4v) is 3.01. The van der Waals surface area contributed by atoms with E-state index in [9.17, 15) is 26.8 Å². The van der Waals surface area contributed by atoms with Crippen molar-refractivity contribution < 1.29 is 31.5 Å². The second-order valence-electron chi connectivity index (χ2n) is 5.30. The first-order valence-corrected chi connectivity index (χ1v) is 9.21. The molecule has 0 radical (unpaired) electrons. The van der Waals surface area contributed by atoms with Crippen LogP contribution in [-0.4, -0.2) is 33.4 Å². The zero-order valence-corrected chi connectivity index (χ0v) is 14.8. The van der Waals surface area contributed by atoms with Gasteiger partial charge in [0.2, 0.25) is 10.0 Å². The molecule has 0 atom stereocenters. The Morgan fingerprint density at radius 1 is 1.00 bits per heavy atom. The lowest BCUT2D eigenvalue weighted by atomic mass is 10.3. The van der Waals surface area contributed by atoms with E-state index in [0.29, 0.717) is 0 Å². The van der Waals surface area contributed by atoms with Crippen LogP contribution in [0.4, 0.5) is 14.5 Å². The fourth-order valence-electron chi connectivity index (χ4n) is 1.96. The Kier molecular flexibility index (Phi) is 6.97. The molecule has 7 nitrogen and oxygen atoms in total. The maximum atomic E-state index is 13.0. The number of hydrogen-bond donors (Lipinski definition) is 2. The van der Waals surface area contributed by atoms with Crippen LogP contribution in [0.2, 0.25) is 0 Å². The molecule has 27 heavy (non-hydrogen) atoms. The average molecular weight is 398 g/mol. The predicted molar refractivity (Wildman–Crippen MR) is 92.2 cm³/mol. The van der Waals surface area contributed by atoms with Crippen molar-refractivity contribution in [2.24, 2.45) is 0 Å². The molecular weight excluding hydrogens is 382 g/mol. The third-order valence-electron chi connectivity index (χ3n) is 3.24. The minimum Gasteiger partial charge on any atom is -0.456 e. The predicted octanol–water partition coefficient (Wildman–Crippen LogP) is 1.82. The maximum absolute atomic E-state index is 13.0. The number of ether oxygens (including phenoxy) is 1. The zero-order valence-electron chi connectivity index (χ0n) is 13.9. The van der Waals surface area contributed by atoms with Crippen molar-refractivity contribution in [3.63, 3.8) is 0 Å². The highest BCUT2D eigenvalue weighted by molar-refractivity contribution is 7.89. The van der Waals surface area contributed by atoms with Gasteiger partial charge in [0, 0.05) is 18.3 Å². The van der Waals surface area contributed by atoms with E-state index in [4.69, 9.17) is 4.74 Å². The molecule has 0 fully saturated rings. The number of benzene rings is 2. The highest BCUT2D eigenvalue weighted by Gasteiger charge is 2.14. The molecule has 0 aliphatic rings. The molecule has 0 aliphatic heterocycles. The summed E-state index contributed by atoms with van der Waals surface area (Å²) in [6.07, 6.45) is -0.287.